The van der Waals surface area contributed by atoms with Gasteiger partial charge in [-0.05, 0) is 45.0 Å². The fourth-order valence-electron chi connectivity index (χ4n) is 2.39. The molecule has 24 heavy (non-hydrogen) atoms. The molecule has 5 nitrogen and oxygen atoms in total. The Bertz CT molecular complexity index is 834. The number of fused-ring (bicyclic) bond motifs is 1. The summed E-state index contributed by atoms with van der Waals surface area (Å²) in [5.41, 5.74) is 2.98. The zero-order valence-electron chi connectivity index (χ0n) is 13.9. The van der Waals surface area contributed by atoms with Crippen molar-refractivity contribution >= 4 is 34.3 Å². The Kier molecular flexibility index (Phi) is 4.39. The summed E-state index contributed by atoms with van der Waals surface area (Å²) in [5, 5.41) is 17.6. The van der Waals surface area contributed by atoms with E-state index in [2.05, 4.69) is 41.4 Å². The summed E-state index contributed by atoms with van der Waals surface area (Å²) in [7, 11) is 0. The van der Waals surface area contributed by atoms with Gasteiger partial charge < -0.3 is 20.7 Å². The summed E-state index contributed by atoms with van der Waals surface area (Å²) in [5.74, 6) is 0.722. The van der Waals surface area contributed by atoms with Crippen LogP contribution in [-0.4, -0.2) is 20.6 Å². The number of aromatic amines is 1. The average molecular weight is 345 g/mol. The van der Waals surface area contributed by atoms with Crippen LogP contribution >= 0.6 is 11.6 Å². The monoisotopic (exact) mass is 344 g/mol. The predicted octanol–water partition coefficient (Wildman–Crippen LogP) is 4.55. The highest BCUT2D eigenvalue weighted by molar-refractivity contribution is 6.31. The fourth-order valence-corrected chi connectivity index (χ4v) is 2.63. The third kappa shape index (κ3) is 3.80. The lowest BCUT2D eigenvalue weighted by atomic mass is 10.1. The zero-order valence-corrected chi connectivity index (χ0v) is 14.7. The van der Waals surface area contributed by atoms with Crippen LogP contribution in [0.5, 0.6) is 5.75 Å². The van der Waals surface area contributed by atoms with Gasteiger partial charge in [-0.1, -0.05) is 23.7 Å². The Morgan fingerprint density at radius 3 is 2.67 bits per heavy atom. The number of aromatic hydroxyl groups is 1. The van der Waals surface area contributed by atoms with Crippen LogP contribution in [0.2, 0.25) is 5.02 Å². The number of halogens is 1. The molecule has 3 rings (SSSR count). The summed E-state index contributed by atoms with van der Waals surface area (Å²) in [6.07, 6.45) is 0. The SMILES string of the molecule is CC(C)(C)NCc1cc(Cl)cc(Nc2nc3ccccc3[nH]2)c1O. The highest BCUT2D eigenvalue weighted by Gasteiger charge is 2.14. The first-order chi connectivity index (χ1) is 11.3. The quantitative estimate of drug-likeness (QED) is 0.524. The van der Waals surface area contributed by atoms with Gasteiger partial charge in [0.05, 0.1) is 16.7 Å². The number of para-hydroxylation sites is 2. The number of phenolic OH excluding ortho intramolecular Hbond substituents is 1. The van der Waals surface area contributed by atoms with E-state index in [1.807, 2.05) is 24.3 Å². The van der Waals surface area contributed by atoms with Gasteiger partial charge in [-0.15, -0.1) is 0 Å². The molecule has 0 amide bonds. The summed E-state index contributed by atoms with van der Waals surface area (Å²) >= 11 is 6.21. The van der Waals surface area contributed by atoms with Crippen molar-refractivity contribution in [3.63, 3.8) is 0 Å². The maximum Gasteiger partial charge on any atom is 0.205 e. The Morgan fingerprint density at radius 1 is 1.21 bits per heavy atom. The molecule has 1 heterocycles. The molecule has 0 fully saturated rings. The molecule has 126 valence electrons. The van der Waals surface area contributed by atoms with E-state index in [-0.39, 0.29) is 11.3 Å². The van der Waals surface area contributed by atoms with E-state index in [4.69, 9.17) is 11.6 Å². The van der Waals surface area contributed by atoms with E-state index in [1.165, 1.54) is 0 Å². The molecule has 0 atom stereocenters. The number of nitrogens with one attached hydrogen (secondary N) is 3. The largest absolute Gasteiger partial charge is 0.505 e. The fraction of sp³-hybridized carbons (Fsp3) is 0.278. The molecule has 3 aromatic rings. The molecule has 0 unspecified atom stereocenters. The van der Waals surface area contributed by atoms with Gasteiger partial charge in [0.15, 0.2) is 0 Å². The van der Waals surface area contributed by atoms with Gasteiger partial charge in [0.1, 0.15) is 5.75 Å². The second kappa shape index (κ2) is 6.34. The lowest BCUT2D eigenvalue weighted by Crippen LogP contribution is -2.35. The molecule has 0 aliphatic rings. The number of nitrogens with zero attached hydrogens (tertiary/aromatic N) is 1. The molecule has 0 saturated carbocycles. The van der Waals surface area contributed by atoms with Crippen LogP contribution in [0, 0.1) is 0 Å². The van der Waals surface area contributed by atoms with Gasteiger partial charge >= 0.3 is 0 Å². The number of H-pyrrole nitrogens is 1. The molecule has 6 heteroatoms. The lowest BCUT2D eigenvalue weighted by molar-refractivity contribution is 0.412. The number of rotatable bonds is 4. The summed E-state index contributed by atoms with van der Waals surface area (Å²) in [6.45, 7) is 6.73. The van der Waals surface area contributed by atoms with Crippen LogP contribution in [-0.2, 0) is 6.54 Å². The van der Waals surface area contributed by atoms with Crippen molar-refractivity contribution in [2.45, 2.75) is 32.9 Å². The number of phenols is 1. The first-order valence-corrected chi connectivity index (χ1v) is 8.18. The van der Waals surface area contributed by atoms with Gasteiger partial charge in [0.2, 0.25) is 5.95 Å². The molecular weight excluding hydrogens is 324 g/mol. The topological polar surface area (TPSA) is 73.0 Å². The molecular formula is C18H21ClN4O. The van der Waals surface area contributed by atoms with Crippen molar-refractivity contribution in [1.82, 2.24) is 15.3 Å². The molecule has 0 saturated heterocycles. The van der Waals surface area contributed by atoms with E-state index in [1.54, 1.807) is 12.1 Å². The van der Waals surface area contributed by atoms with Crippen molar-refractivity contribution in [3.05, 3.63) is 47.0 Å². The van der Waals surface area contributed by atoms with Crippen LogP contribution in [0.1, 0.15) is 26.3 Å². The molecule has 0 aliphatic heterocycles. The van der Waals surface area contributed by atoms with Crippen molar-refractivity contribution in [2.75, 3.05) is 5.32 Å². The highest BCUT2D eigenvalue weighted by Crippen LogP contribution is 2.33. The first kappa shape index (κ1) is 16.6. The van der Waals surface area contributed by atoms with Gasteiger partial charge in [-0.3, -0.25) is 0 Å². The molecule has 0 radical (unpaired) electrons. The normalized spacial score (nSPS) is 11.8. The van der Waals surface area contributed by atoms with Crippen LogP contribution in [0.4, 0.5) is 11.6 Å². The average Bonchev–Trinajstić information content (AvgIpc) is 2.90. The third-order valence-corrected chi connectivity index (χ3v) is 3.82. The predicted molar refractivity (Wildman–Crippen MR) is 99.1 cm³/mol. The molecule has 4 N–H and O–H groups in total. The maximum atomic E-state index is 10.5. The van der Waals surface area contributed by atoms with Crippen molar-refractivity contribution in [1.29, 1.82) is 0 Å². The second-order valence-electron chi connectivity index (χ2n) is 6.79. The number of aromatic nitrogens is 2. The van der Waals surface area contributed by atoms with Gasteiger partial charge in [0, 0.05) is 22.7 Å². The maximum absolute atomic E-state index is 10.5. The number of hydrogen-bond donors (Lipinski definition) is 4. The zero-order chi connectivity index (χ0) is 17.3. The van der Waals surface area contributed by atoms with Crippen LogP contribution < -0.4 is 10.6 Å². The van der Waals surface area contributed by atoms with Crippen molar-refractivity contribution in [2.24, 2.45) is 0 Å². The van der Waals surface area contributed by atoms with E-state index in [0.29, 0.717) is 23.2 Å². The minimum absolute atomic E-state index is 0.0545. The second-order valence-corrected chi connectivity index (χ2v) is 7.23. The molecule has 0 aliphatic carbocycles. The van der Waals surface area contributed by atoms with Crippen molar-refractivity contribution < 1.29 is 5.11 Å². The minimum Gasteiger partial charge on any atom is -0.505 e. The smallest absolute Gasteiger partial charge is 0.205 e. The highest BCUT2D eigenvalue weighted by atomic mass is 35.5. The van der Waals surface area contributed by atoms with Crippen molar-refractivity contribution in [3.8, 4) is 5.75 Å². The standard InChI is InChI=1S/C18H21ClN4O/c1-18(2,3)20-10-11-8-12(19)9-15(16(11)24)23-17-21-13-6-4-5-7-14(13)22-17/h4-9,20,24H,10H2,1-3H3,(H2,21,22,23). The Balaban J connectivity index is 1.88. The van der Waals surface area contributed by atoms with Crippen LogP contribution in [0.3, 0.4) is 0 Å². The summed E-state index contributed by atoms with van der Waals surface area (Å²) in [6, 6.07) is 11.2. The van der Waals surface area contributed by atoms with E-state index in [0.717, 1.165) is 16.6 Å². The Labute approximate surface area is 146 Å². The molecule has 0 spiro atoms. The molecule has 1 aromatic heterocycles. The number of hydrogen-bond acceptors (Lipinski definition) is 4. The number of anilines is 2. The van der Waals surface area contributed by atoms with Gasteiger partial charge in [0.25, 0.3) is 0 Å². The molecule has 0 bridgehead atoms. The van der Waals surface area contributed by atoms with Crippen LogP contribution in [0.25, 0.3) is 11.0 Å². The van der Waals surface area contributed by atoms with Crippen LogP contribution in [0.15, 0.2) is 36.4 Å². The first-order valence-electron chi connectivity index (χ1n) is 7.80. The lowest BCUT2D eigenvalue weighted by Gasteiger charge is -2.21. The Morgan fingerprint density at radius 2 is 1.96 bits per heavy atom. The number of benzene rings is 2. The summed E-state index contributed by atoms with van der Waals surface area (Å²) < 4.78 is 0. The minimum atomic E-state index is -0.0545. The third-order valence-electron chi connectivity index (χ3n) is 3.61. The Hall–Kier alpha value is -2.24. The van der Waals surface area contributed by atoms with Gasteiger partial charge in [-0.25, -0.2) is 4.98 Å². The van der Waals surface area contributed by atoms with Gasteiger partial charge in [-0.2, -0.15) is 0 Å². The number of imidazole rings is 1. The van der Waals surface area contributed by atoms with E-state index in [9.17, 15) is 5.11 Å². The molecule has 2 aromatic carbocycles. The van der Waals surface area contributed by atoms with E-state index >= 15 is 0 Å². The summed E-state index contributed by atoms with van der Waals surface area (Å²) in [4.78, 5) is 7.63. The van der Waals surface area contributed by atoms with E-state index < -0.39 is 0 Å².